The SMILES string of the molecule is CCN(CC1CCCO1)c1ccc(C)cc1CCl. The Balaban J connectivity index is 2.15. The predicted octanol–water partition coefficient (Wildman–Crippen LogP) is 3.74. The number of rotatable bonds is 5. The molecule has 0 aromatic heterocycles. The van der Waals surface area contributed by atoms with Gasteiger partial charge in [0.2, 0.25) is 0 Å². The van der Waals surface area contributed by atoms with E-state index in [-0.39, 0.29) is 0 Å². The predicted molar refractivity (Wildman–Crippen MR) is 77.6 cm³/mol. The van der Waals surface area contributed by atoms with E-state index in [1.54, 1.807) is 0 Å². The lowest BCUT2D eigenvalue weighted by Crippen LogP contribution is -2.32. The van der Waals surface area contributed by atoms with Gasteiger partial charge >= 0.3 is 0 Å². The molecule has 0 spiro atoms. The summed E-state index contributed by atoms with van der Waals surface area (Å²) in [4.78, 5) is 2.38. The summed E-state index contributed by atoms with van der Waals surface area (Å²) in [5.41, 5.74) is 3.74. The van der Waals surface area contributed by atoms with Gasteiger partial charge in [-0.05, 0) is 38.3 Å². The van der Waals surface area contributed by atoms with Crippen molar-refractivity contribution in [2.24, 2.45) is 0 Å². The number of anilines is 1. The molecule has 1 atom stereocenters. The molecule has 1 aliphatic rings. The van der Waals surface area contributed by atoms with Crippen molar-refractivity contribution < 1.29 is 4.74 Å². The van der Waals surface area contributed by atoms with E-state index < -0.39 is 0 Å². The fourth-order valence-corrected chi connectivity index (χ4v) is 2.78. The molecule has 1 heterocycles. The molecule has 0 aliphatic carbocycles. The number of aryl methyl sites for hydroxylation is 1. The summed E-state index contributed by atoms with van der Waals surface area (Å²) in [7, 11) is 0. The van der Waals surface area contributed by atoms with Crippen LogP contribution in [0, 0.1) is 6.92 Å². The van der Waals surface area contributed by atoms with Crippen LogP contribution in [0.4, 0.5) is 5.69 Å². The minimum absolute atomic E-state index is 0.384. The van der Waals surface area contributed by atoms with Crippen molar-refractivity contribution >= 4 is 17.3 Å². The summed E-state index contributed by atoms with van der Waals surface area (Å²) in [6, 6.07) is 6.52. The first kappa shape index (κ1) is 13.7. The highest BCUT2D eigenvalue weighted by atomic mass is 35.5. The third-order valence-corrected chi connectivity index (χ3v) is 3.84. The molecule has 0 radical (unpaired) electrons. The van der Waals surface area contributed by atoms with Crippen LogP contribution in [0.3, 0.4) is 0 Å². The van der Waals surface area contributed by atoms with Crippen LogP contribution in [-0.2, 0) is 10.6 Å². The maximum atomic E-state index is 6.06. The van der Waals surface area contributed by atoms with Crippen LogP contribution in [0.2, 0.25) is 0 Å². The highest BCUT2D eigenvalue weighted by Gasteiger charge is 2.19. The van der Waals surface area contributed by atoms with Crippen LogP contribution < -0.4 is 4.90 Å². The molecular formula is C15H22ClNO. The Bertz CT molecular complexity index is 388. The average molecular weight is 268 g/mol. The molecule has 0 amide bonds. The second-order valence-corrected chi connectivity index (χ2v) is 5.21. The van der Waals surface area contributed by atoms with Gasteiger partial charge in [-0.1, -0.05) is 17.7 Å². The van der Waals surface area contributed by atoms with Gasteiger partial charge in [0.25, 0.3) is 0 Å². The van der Waals surface area contributed by atoms with Crippen LogP contribution in [0.1, 0.15) is 30.9 Å². The third kappa shape index (κ3) is 3.18. The summed E-state index contributed by atoms with van der Waals surface area (Å²) >= 11 is 6.06. The van der Waals surface area contributed by atoms with E-state index in [0.29, 0.717) is 12.0 Å². The normalized spacial score (nSPS) is 19.2. The quantitative estimate of drug-likeness (QED) is 0.754. The van der Waals surface area contributed by atoms with Crippen molar-refractivity contribution in [2.45, 2.75) is 38.7 Å². The second kappa shape index (κ2) is 6.44. The molecule has 1 aromatic carbocycles. The van der Waals surface area contributed by atoms with Gasteiger partial charge in [-0.2, -0.15) is 0 Å². The van der Waals surface area contributed by atoms with Crippen molar-refractivity contribution in [1.29, 1.82) is 0 Å². The first-order chi connectivity index (χ1) is 8.74. The first-order valence-corrected chi connectivity index (χ1v) is 7.30. The Morgan fingerprint density at radius 1 is 1.44 bits per heavy atom. The lowest BCUT2D eigenvalue weighted by molar-refractivity contribution is 0.115. The topological polar surface area (TPSA) is 12.5 Å². The lowest BCUT2D eigenvalue weighted by Gasteiger charge is -2.28. The van der Waals surface area contributed by atoms with E-state index >= 15 is 0 Å². The maximum absolute atomic E-state index is 6.06. The summed E-state index contributed by atoms with van der Waals surface area (Å²) in [6.45, 7) is 7.18. The summed E-state index contributed by atoms with van der Waals surface area (Å²) in [5, 5.41) is 0. The van der Waals surface area contributed by atoms with Crippen molar-refractivity contribution in [3.05, 3.63) is 29.3 Å². The molecule has 1 aromatic rings. The van der Waals surface area contributed by atoms with E-state index in [0.717, 1.165) is 19.7 Å². The molecular weight excluding hydrogens is 246 g/mol. The van der Waals surface area contributed by atoms with Crippen LogP contribution in [0.25, 0.3) is 0 Å². The van der Waals surface area contributed by atoms with Crippen molar-refractivity contribution in [2.75, 3.05) is 24.6 Å². The van der Waals surface area contributed by atoms with Crippen molar-refractivity contribution in [1.82, 2.24) is 0 Å². The van der Waals surface area contributed by atoms with Crippen LogP contribution >= 0.6 is 11.6 Å². The Labute approximate surface area is 115 Å². The fraction of sp³-hybridized carbons (Fsp3) is 0.600. The molecule has 1 fully saturated rings. The molecule has 0 saturated carbocycles. The monoisotopic (exact) mass is 267 g/mol. The zero-order valence-corrected chi connectivity index (χ0v) is 12.0. The zero-order chi connectivity index (χ0) is 13.0. The highest BCUT2D eigenvalue weighted by molar-refractivity contribution is 6.17. The second-order valence-electron chi connectivity index (χ2n) is 4.94. The van der Waals surface area contributed by atoms with E-state index in [2.05, 4.69) is 36.9 Å². The minimum atomic E-state index is 0.384. The summed E-state index contributed by atoms with van der Waals surface area (Å²) < 4.78 is 5.73. The number of nitrogens with zero attached hydrogens (tertiary/aromatic N) is 1. The number of likely N-dealkylation sites (N-methyl/N-ethyl adjacent to an activating group) is 1. The van der Waals surface area contributed by atoms with E-state index in [1.165, 1.54) is 29.7 Å². The summed E-state index contributed by atoms with van der Waals surface area (Å²) in [6.07, 6.45) is 2.76. The largest absolute Gasteiger partial charge is 0.376 e. The molecule has 2 nitrogen and oxygen atoms in total. The van der Waals surface area contributed by atoms with Crippen LogP contribution in [-0.4, -0.2) is 25.8 Å². The maximum Gasteiger partial charge on any atom is 0.0750 e. The average Bonchev–Trinajstić information content (AvgIpc) is 2.89. The number of benzene rings is 1. The van der Waals surface area contributed by atoms with Crippen molar-refractivity contribution in [3.8, 4) is 0 Å². The van der Waals surface area contributed by atoms with Gasteiger partial charge in [-0.15, -0.1) is 11.6 Å². The van der Waals surface area contributed by atoms with Gasteiger partial charge in [-0.3, -0.25) is 0 Å². The van der Waals surface area contributed by atoms with E-state index in [4.69, 9.17) is 16.3 Å². The molecule has 100 valence electrons. The van der Waals surface area contributed by atoms with E-state index in [1.807, 2.05) is 0 Å². The number of halogens is 1. The molecule has 18 heavy (non-hydrogen) atoms. The van der Waals surface area contributed by atoms with E-state index in [9.17, 15) is 0 Å². The Morgan fingerprint density at radius 2 is 2.28 bits per heavy atom. The highest BCUT2D eigenvalue weighted by Crippen LogP contribution is 2.25. The molecule has 2 rings (SSSR count). The number of hydrogen-bond acceptors (Lipinski definition) is 2. The van der Waals surface area contributed by atoms with Crippen LogP contribution in [0.5, 0.6) is 0 Å². The van der Waals surface area contributed by atoms with Gasteiger partial charge < -0.3 is 9.64 Å². The van der Waals surface area contributed by atoms with Gasteiger partial charge in [0.1, 0.15) is 0 Å². The Kier molecular flexibility index (Phi) is 4.90. The number of alkyl halides is 1. The summed E-state index contributed by atoms with van der Waals surface area (Å²) in [5.74, 6) is 0.568. The first-order valence-electron chi connectivity index (χ1n) is 6.76. The fourth-order valence-electron chi connectivity index (χ4n) is 2.56. The number of hydrogen-bond donors (Lipinski definition) is 0. The third-order valence-electron chi connectivity index (χ3n) is 3.55. The van der Waals surface area contributed by atoms with Gasteiger partial charge in [0, 0.05) is 31.3 Å². The van der Waals surface area contributed by atoms with Gasteiger partial charge in [0.15, 0.2) is 0 Å². The Hall–Kier alpha value is -0.730. The van der Waals surface area contributed by atoms with Gasteiger partial charge in [-0.25, -0.2) is 0 Å². The smallest absolute Gasteiger partial charge is 0.0750 e. The molecule has 1 saturated heterocycles. The molecule has 1 unspecified atom stereocenters. The van der Waals surface area contributed by atoms with Crippen molar-refractivity contribution in [3.63, 3.8) is 0 Å². The Morgan fingerprint density at radius 3 is 2.89 bits per heavy atom. The molecule has 1 aliphatic heterocycles. The zero-order valence-electron chi connectivity index (χ0n) is 11.3. The van der Waals surface area contributed by atoms with Gasteiger partial charge in [0.05, 0.1) is 6.10 Å². The minimum Gasteiger partial charge on any atom is -0.376 e. The molecule has 0 bridgehead atoms. The van der Waals surface area contributed by atoms with Crippen LogP contribution in [0.15, 0.2) is 18.2 Å². The standard InChI is InChI=1S/C15H22ClNO/c1-3-17(11-14-5-4-8-18-14)15-7-6-12(2)9-13(15)10-16/h6-7,9,14H,3-5,8,10-11H2,1-2H3. The molecule has 0 N–H and O–H groups in total. The number of ether oxygens (including phenoxy) is 1. The molecule has 3 heteroatoms. The lowest BCUT2D eigenvalue weighted by atomic mass is 10.1.